The summed E-state index contributed by atoms with van der Waals surface area (Å²) in [5, 5.41) is 0. The molecule has 1 aliphatic heterocycles. The predicted molar refractivity (Wildman–Crippen MR) is 64.5 cm³/mol. The first kappa shape index (κ1) is 14.6. The topological polar surface area (TPSA) is 80.8 Å². The molecule has 1 rings (SSSR count). The Hall–Kier alpha value is -0.470. The van der Waals surface area contributed by atoms with Crippen LogP contribution in [0.25, 0.3) is 0 Å². The van der Waals surface area contributed by atoms with E-state index in [9.17, 15) is 17.4 Å². The molecule has 0 aliphatic carbocycles. The summed E-state index contributed by atoms with van der Waals surface area (Å²) in [6.45, 7) is 0.625. The third-order valence-corrected chi connectivity index (χ3v) is 5.77. The second-order valence-corrected chi connectivity index (χ2v) is 7.53. The zero-order valence-electron chi connectivity index (χ0n) is 9.75. The molecule has 0 spiro atoms. The highest BCUT2D eigenvalue weighted by atomic mass is 32.2. The van der Waals surface area contributed by atoms with Gasteiger partial charge in [-0.3, -0.25) is 9.00 Å². The Labute approximate surface area is 104 Å². The molecule has 100 valence electrons. The van der Waals surface area contributed by atoms with Gasteiger partial charge in [0.1, 0.15) is 0 Å². The van der Waals surface area contributed by atoms with E-state index in [-0.39, 0.29) is 18.6 Å². The molecule has 0 N–H and O–H groups in total. The molecule has 1 saturated heterocycles. The average molecular weight is 283 g/mol. The number of hydrogen-bond donors (Lipinski definition) is 0. The zero-order chi connectivity index (χ0) is 12.9. The molecule has 1 aliphatic rings. The van der Waals surface area contributed by atoms with Gasteiger partial charge in [-0.2, -0.15) is 0 Å². The van der Waals surface area contributed by atoms with Crippen molar-refractivity contribution >= 4 is 26.8 Å². The van der Waals surface area contributed by atoms with Crippen LogP contribution >= 0.6 is 0 Å². The smallest absolute Gasteiger partial charge is 0.305 e. The lowest BCUT2D eigenvalue weighted by Crippen LogP contribution is -2.42. The second-order valence-electron chi connectivity index (χ2n) is 3.74. The Morgan fingerprint density at radius 3 is 2.47 bits per heavy atom. The van der Waals surface area contributed by atoms with Gasteiger partial charge in [0.15, 0.2) is 0 Å². The van der Waals surface area contributed by atoms with Crippen LogP contribution in [-0.4, -0.2) is 60.4 Å². The van der Waals surface area contributed by atoms with E-state index in [4.69, 9.17) is 0 Å². The van der Waals surface area contributed by atoms with Crippen molar-refractivity contribution < 1.29 is 22.2 Å². The third kappa shape index (κ3) is 4.72. The fourth-order valence-electron chi connectivity index (χ4n) is 1.53. The molecule has 0 unspecified atom stereocenters. The van der Waals surface area contributed by atoms with E-state index in [1.807, 2.05) is 0 Å². The van der Waals surface area contributed by atoms with Gasteiger partial charge < -0.3 is 4.74 Å². The first-order chi connectivity index (χ1) is 7.95. The van der Waals surface area contributed by atoms with Crippen molar-refractivity contribution in [2.24, 2.45) is 0 Å². The Morgan fingerprint density at radius 1 is 1.35 bits per heavy atom. The number of nitrogens with zero attached hydrogens (tertiary/aromatic N) is 1. The fourth-order valence-corrected chi connectivity index (χ4v) is 4.32. The third-order valence-electron chi connectivity index (χ3n) is 2.54. The molecular weight excluding hydrogens is 266 g/mol. The first-order valence-electron chi connectivity index (χ1n) is 5.35. The number of carbonyl (C=O) groups is 1. The van der Waals surface area contributed by atoms with Crippen LogP contribution in [0.2, 0.25) is 0 Å². The van der Waals surface area contributed by atoms with Gasteiger partial charge in [0.25, 0.3) is 0 Å². The summed E-state index contributed by atoms with van der Waals surface area (Å²) >= 11 is 0. The standard InChI is InChI=1S/C9H17NO5S2/c1-15-9(11)3-2-8-17(13,14)10-4-6-16(12)7-5-10/h2-8H2,1H3. The Kier molecular flexibility index (Phi) is 5.54. The van der Waals surface area contributed by atoms with E-state index >= 15 is 0 Å². The van der Waals surface area contributed by atoms with Gasteiger partial charge in [0, 0.05) is 41.8 Å². The number of esters is 1. The highest BCUT2D eigenvalue weighted by Crippen LogP contribution is 2.09. The van der Waals surface area contributed by atoms with Crippen LogP contribution < -0.4 is 0 Å². The van der Waals surface area contributed by atoms with Gasteiger partial charge in [0.05, 0.1) is 12.9 Å². The lowest BCUT2D eigenvalue weighted by Gasteiger charge is -2.25. The van der Waals surface area contributed by atoms with Crippen LogP contribution in [0.1, 0.15) is 12.8 Å². The maximum Gasteiger partial charge on any atom is 0.305 e. The molecule has 0 bridgehead atoms. The van der Waals surface area contributed by atoms with Crippen molar-refractivity contribution in [3.8, 4) is 0 Å². The summed E-state index contributed by atoms with van der Waals surface area (Å²) in [6.07, 6.45) is 0.365. The largest absolute Gasteiger partial charge is 0.469 e. The van der Waals surface area contributed by atoms with Gasteiger partial charge in [-0.1, -0.05) is 0 Å². The van der Waals surface area contributed by atoms with Crippen LogP contribution in [0.3, 0.4) is 0 Å². The maximum absolute atomic E-state index is 11.8. The summed E-state index contributed by atoms with van der Waals surface area (Å²) in [5.41, 5.74) is 0. The fraction of sp³-hybridized carbons (Fsp3) is 0.889. The summed E-state index contributed by atoms with van der Waals surface area (Å²) in [4.78, 5) is 10.8. The van der Waals surface area contributed by atoms with E-state index < -0.39 is 26.8 Å². The molecule has 0 aromatic heterocycles. The lowest BCUT2D eigenvalue weighted by atomic mass is 10.3. The van der Waals surface area contributed by atoms with Gasteiger partial charge in [-0.05, 0) is 6.42 Å². The summed E-state index contributed by atoms with van der Waals surface area (Å²) in [7, 11) is -2.94. The molecule has 17 heavy (non-hydrogen) atoms. The van der Waals surface area contributed by atoms with Crippen molar-refractivity contribution in [3.05, 3.63) is 0 Å². The summed E-state index contributed by atoms with van der Waals surface area (Å²) in [6, 6.07) is 0. The molecule has 0 atom stereocenters. The van der Waals surface area contributed by atoms with Gasteiger partial charge in [-0.15, -0.1) is 0 Å². The first-order valence-corrected chi connectivity index (χ1v) is 8.45. The van der Waals surface area contributed by atoms with Crippen LogP contribution in [0.5, 0.6) is 0 Å². The summed E-state index contributed by atoms with van der Waals surface area (Å²) < 4.78 is 40.6. The molecule has 0 saturated carbocycles. The average Bonchev–Trinajstić information content (AvgIpc) is 2.29. The molecule has 0 radical (unpaired) electrons. The van der Waals surface area contributed by atoms with Crippen LogP contribution in [0.15, 0.2) is 0 Å². The molecule has 6 nitrogen and oxygen atoms in total. The molecular formula is C9H17NO5S2. The highest BCUT2D eigenvalue weighted by molar-refractivity contribution is 7.89. The van der Waals surface area contributed by atoms with Gasteiger partial charge >= 0.3 is 5.97 Å². The molecule has 1 fully saturated rings. The zero-order valence-corrected chi connectivity index (χ0v) is 11.4. The van der Waals surface area contributed by atoms with Crippen LogP contribution in [0.4, 0.5) is 0 Å². The van der Waals surface area contributed by atoms with Crippen molar-refractivity contribution in [2.75, 3.05) is 37.5 Å². The Morgan fingerprint density at radius 2 is 1.94 bits per heavy atom. The predicted octanol–water partition coefficient (Wildman–Crippen LogP) is -0.666. The number of ether oxygens (including phenoxy) is 1. The normalized spacial score (nSPS) is 19.1. The van der Waals surface area contributed by atoms with Crippen LogP contribution in [-0.2, 0) is 30.4 Å². The Balaban J connectivity index is 2.40. The number of sulfonamides is 1. The van der Waals surface area contributed by atoms with Gasteiger partial charge in [-0.25, -0.2) is 12.7 Å². The number of hydrogen-bond acceptors (Lipinski definition) is 5. The number of rotatable bonds is 5. The molecule has 8 heteroatoms. The highest BCUT2D eigenvalue weighted by Gasteiger charge is 2.26. The molecule has 0 amide bonds. The minimum absolute atomic E-state index is 0.0608. The Bertz CT molecular complexity index is 382. The quantitative estimate of drug-likeness (QED) is 0.625. The van der Waals surface area contributed by atoms with Crippen LogP contribution in [0, 0.1) is 0 Å². The van der Waals surface area contributed by atoms with E-state index in [0.717, 1.165) is 0 Å². The second kappa shape index (κ2) is 6.46. The van der Waals surface area contributed by atoms with E-state index in [1.165, 1.54) is 11.4 Å². The minimum atomic E-state index is -3.32. The van der Waals surface area contributed by atoms with Crippen molar-refractivity contribution in [2.45, 2.75) is 12.8 Å². The van der Waals surface area contributed by atoms with E-state index in [1.54, 1.807) is 0 Å². The van der Waals surface area contributed by atoms with E-state index in [2.05, 4.69) is 4.74 Å². The number of carbonyl (C=O) groups excluding carboxylic acids is 1. The maximum atomic E-state index is 11.8. The monoisotopic (exact) mass is 283 g/mol. The molecule has 0 aromatic carbocycles. The van der Waals surface area contributed by atoms with Crippen molar-refractivity contribution in [1.82, 2.24) is 4.31 Å². The molecule has 1 heterocycles. The number of methoxy groups -OCH3 is 1. The van der Waals surface area contributed by atoms with E-state index in [0.29, 0.717) is 24.6 Å². The van der Waals surface area contributed by atoms with Crippen molar-refractivity contribution in [1.29, 1.82) is 0 Å². The minimum Gasteiger partial charge on any atom is -0.469 e. The summed E-state index contributed by atoms with van der Waals surface area (Å²) in [5.74, 6) is 0.334. The lowest BCUT2D eigenvalue weighted by molar-refractivity contribution is -0.140. The van der Waals surface area contributed by atoms with Crippen molar-refractivity contribution in [3.63, 3.8) is 0 Å². The molecule has 0 aromatic rings. The SMILES string of the molecule is COC(=O)CCCS(=O)(=O)N1CCS(=O)CC1. The van der Waals surface area contributed by atoms with Gasteiger partial charge in [0.2, 0.25) is 10.0 Å².